The van der Waals surface area contributed by atoms with E-state index in [1.54, 1.807) is 61.5 Å². The molecule has 0 bridgehead atoms. The van der Waals surface area contributed by atoms with Crippen molar-refractivity contribution in [3.63, 3.8) is 0 Å². The summed E-state index contributed by atoms with van der Waals surface area (Å²) in [7, 11) is 0. The highest BCUT2D eigenvalue weighted by atomic mass is 16.6. The van der Waals surface area contributed by atoms with Gasteiger partial charge in [-0.05, 0) is 73.8 Å². The third-order valence-corrected chi connectivity index (χ3v) is 5.72. The fourth-order valence-electron chi connectivity index (χ4n) is 4.34. The maximum atomic E-state index is 13.5. The van der Waals surface area contributed by atoms with Gasteiger partial charge in [0.1, 0.15) is 16.9 Å². The molecule has 0 saturated carbocycles. The molecule has 8 heteroatoms. The van der Waals surface area contributed by atoms with Crippen LogP contribution in [0.1, 0.15) is 67.4 Å². The summed E-state index contributed by atoms with van der Waals surface area (Å²) in [6.45, 7) is 14.5. The van der Waals surface area contributed by atoms with Crippen LogP contribution in [-0.2, 0) is 25.4 Å². The first-order valence-electron chi connectivity index (χ1n) is 12.0. The number of amides is 3. The Kier molecular flexibility index (Phi) is 7.37. The summed E-state index contributed by atoms with van der Waals surface area (Å²) in [6.07, 6.45) is 1.41. The molecule has 2 atom stereocenters. The molecule has 1 aromatic rings. The van der Waals surface area contributed by atoms with Gasteiger partial charge in [-0.15, -0.1) is 0 Å². The van der Waals surface area contributed by atoms with E-state index in [2.05, 4.69) is 0 Å². The minimum Gasteiger partial charge on any atom is -0.444 e. The molecule has 8 nitrogen and oxygen atoms in total. The standard InChI is InChI=1S/C27H38N2O6/c1-25(2,3)34-23(31)28-20(14-18-12-10-9-11-13-18)15-19(22(28)30)16-21-17-33-27(7,8)29(21)24(32)35-26(4,5)6/h9-13,16,20-21H,14-15,17H2,1-8H3/b19-16+. The van der Waals surface area contributed by atoms with Crippen LogP contribution in [0, 0.1) is 0 Å². The molecule has 0 N–H and O–H groups in total. The molecular formula is C27H38N2O6. The van der Waals surface area contributed by atoms with Crippen LogP contribution < -0.4 is 0 Å². The van der Waals surface area contributed by atoms with Gasteiger partial charge in [-0.2, -0.15) is 0 Å². The van der Waals surface area contributed by atoms with Crippen LogP contribution in [0.4, 0.5) is 9.59 Å². The summed E-state index contributed by atoms with van der Waals surface area (Å²) in [4.78, 5) is 42.2. The Bertz CT molecular complexity index is 987. The van der Waals surface area contributed by atoms with Gasteiger partial charge < -0.3 is 14.2 Å². The molecule has 1 aromatic carbocycles. The highest BCUT2D eigenvalue weighted by Crippen LogP contribution is 2.34. The largest absolute Gasteiger partial charge is 0.444 e. The second kappa shape index (κ2) is 9.64. The summed E-state index contributed by atoms with van der Waals surface area (Å²) < 4.78 is 17.0. The van der Waals surface area contributed by atoms with E-state index in [0.29, 0.717) is 18.4 Å². The number of carbonyl (C=O) groups excluding carboxylic acids is 3. The van der Waals surface area contributed by atoms with Gasteiger partial charge in [-0.1, -0.05) is 36.4 Å². The van der Waals surface area contributed by atoms with E-state index < -0.39 is 47.1 Å². The molecule has 2 heterocycles. The maximum Gasteiger partial charge on any atom is 0.417 e. The molecule has 0 aliphatic carbocycles. The van der Waals surface area contributed by atoms with E-state index >= 15 is 0 Å². The lowest BCUT2D eigenvalue weighted by molar-refractivity contribution is -0.125. The third kappa shape index (κ3) is 6.63. The number of likely N-dealkylation sites (tertiary alicyclic amines) is 1. The number of imide groups is 1. The van der Waals surface area contributed by atoms with Gasteiger partial charge in [0.2, 0.25) is 0 Å². The Morgan fingerprint density at radius 1 is 1.03 bits per heavy atom. The highest BCUT2D eigenvalue weighted by Gasteiger charge is 2.47. The lowest BCUT2D eigenvalue weighted by Crippen LogP contribution is -2.49. The quantitative estimate of drug-likeness (QED) is 0.555. The molecule has 2 aliphatic heterocycles. The Morgan fingerprint density at radius 3 is 2.17 bits per heavy atom. The smallest absolute Gasteiger partial charge is 0.417 e. The first-order valence-corrected chi connectivity index (χ1v) is 12.0. The van der Waals surface area contributed by atoms with Crippen molar-refractivity contribution in [2.45, 2.75) is 97.2 Å². The molecular weight excluding hydrogens is 448 g/mol. The predicted molar refractivity (Wildman–Crippen MR) is 132 cm³/mol. The Balaban J connectivity index is 1.91. The zero-order valence-electron chi connectivity index (χ0n) is 22.1. The normalized spacial score (nSPS) is 23.7. The Labute approximate surface area is 208 Å². The fraction of sp³-hybridized carbons (Fsp3) is 0.593. The van der Waals surface area contributed by atoms with Crippen LogP contribution in [0.5, 0.6) is 0 Å². The van der Waals surface area contributed by atoms with Crippen molar-refractivity contribution in [2.24, 2.45) is 0 Å². The number of benzene rings is 1. The third-order valence-electron chi connectivity index (χ3n) is 5.72. The zero-order chi connectivity index (χ0) is 26.2. The van der Waals surface area contributed by atoms with Gasteiger partial charge in [-0.3, -0.25) is 9.69 Å². The summed E-state index contributed by atoms with van der Waals surface area (Å²) in [6, 6.07) is 8.82. The molecule has 0 aromatic heterocycles. The Morgan fingerprint density at radius 2 is 1.60 bits per heavy atom. The molecule has 2 saturated heterocycles. The summed E-state index contributed by atoms with van der Waals surface area (Å²) >= 11 is 0. The lowest BCUT2D eigenvalue weighted by Gasteiger charge is -2.34. The number of hydrogen-bond donors (Lipinski definition) is 0. The second-order valence-electron chi connectivity index (χ2n) is 11.6. The van der Waals surface area contributed by atoms with E-state index in [1.165, 1.54) is 9.80 Å². The second-order valence-corrected chi connectivity index (χ2v) is 11.6. The molecule has 3 amide bonds. The van der Waals surface area contributed by atoms with E-state index in [4.69, 9.17) is 14.2 Å². The van der Waals surface area contributed by atoms with Gasteiger partial charge in [-0.25, -0.2) is 14.5 Å². The van der Waals surface area contributed by atoms with Crippen molar-refractivity contribution in [1.82, 2.24) is 9.80 Å². The molecule has 0 spiro atoms. The van der Waals surface area contributed by atoms with Crippen molar-refractivity contribution < 1.29 is 28.6 Å². The topological polar surface area (TPSA) is 85.4 Å². The summed E-state index contributed by atoms with van der Waals surface area (Å²) in [5, 5.41) is 0. The van der Waals surface area contributed by atoms with Crippen LogP contribution in [0.25, 0.3) is 0 Å². The predicted octanol–water partition coefficient (Wildman–Crippen LogP) is 5.06. The molecule has 2 fully saturated rings. The monoisotopic (exact) mass is 486 g/mol. The van der Waals surface area contributed by atoms with E-state index in [9.17, 15) is 14.4 Å². The fourth-order valence-corrected chi connectivity index (χ4v) is 4.34. The zero-order valence-corrected chi connectivity index (χ0v) is 22.1. The van der Waals surface area contributed by atoms with E-state index in [1.807, 2.05) is 30.3 Å². The van der Waals surface area contributed by atoms with Crippen LogP contribution in [0.2, 0.25) is 0 Å². The van der Waals surface area contributed by atoms with Gasteiger partial charge in [0.15, 0.2) is 0 Å². The minimum absolute atomic E-state index is 0.221. The van der Waals surface area contributed by atoms with Gasteiger partial charge in [0.05, 0.1) is 18.7 Å². The minimum atomic E-state index is -0.903. The molecule has 0 radical (unpaired) electrons. The number of nitrogens with zero attached hydrogens (tertiary/aromatic N) is 2. The number of hydrogen-bond acceptors (Lipinski definition) is 6. The highest BCUT2D eigenvalue weighted by molar-refractivity contribution is 6.05. The number of carbonyl (C=O) groups is 3. The van der Waals surface area contributed by atoms with Crippen molar-refractivity contribution in [1.29, 1.82) is 0 Å². The van der Waals surface area contributed by atoms with E-state index in [-0.39, 0.29) is 6.61 Å². The molecule has 3 rings (SSSR count). The van der Waals surface area contributed by atoms with Crippen LogP contribution >= 0.6 is 0 Å². The van der Waals surface area contributed by atoms with Gasteiger partial charge in [0, 0.05) is 5.57 Å². The van der Waals surface area contributed by atoms with Crippen LogP contribution in [0.15, 0.2) is 42.0 Å². The van der Waals surface area contributed by atoms with Gasteiger partial charge in [0.25, 0.3) is 5.91 Å². The first kappa shape index (κ1) is 26.7. The van der Waals surface area contributed by atoms with Crippen molar-refractivity contribution in [2.75, 3.05) is 6.61 Å². The summed E-state index contributed by atoms with van der Waals surface area (Å²) in [5.41, 5.74) is -0.847. The molecule has 192 valence electrons. The summed E-state index contributed by atoms with van der Waals surface area (Å²) in [5.74, 6) is -0.408. The number of ether oxygens (including phenoxy) is 3. The van der Waals surface area contributed by atoms with Crippen LogP contribution in [0.3, 0.4) is 0 Å². The average molecular weight is 487 g/mol. The van der Waals surface area contributed by atoms with Crippen molar-refractivity contribution in [3.05, 3.63) is 47.5 Å². The molecule has 2 aliphatic rings. The molecule has 35 heavy (non-hydrogen) atoms. The average Bonchev–Trinajstić information content (AvgIpc) is 3.15. The van der Waals surface area contributed by atoms with Crippen LogP contribution in [-0.4, -0.2) is 63.5 Å². The lowest BCUT2D eigenvalue weighted by atomic mass is 10.0. The van der Waals surface area contributed by atoms with Crippen molar-refractivity contribution in [3.8, 4) is 0 Å². The SMILES string of the molecule is CC(C)(C)OC(=O)N1C(=O)/C(=C/C2COC(C)(C)N2C(=O)OC(C)(C)C)CC1Cc1ccccc1. The van der Waals surface area contributed by atoms with E-state index in [0.717, 1.165) is 5.56 Å². The Hall–Kier alpha value is -2.87. The van der Waals surface area contributed by atoms with Gasteiger partial charge >= 0.3 is 12.2 Å². The molecule has 2 unspecified atom stereocenters. The number of rotatable bonds is 3. The first-order chi connectivity index (χ1) is 16.1. The van der Waals surface area contributed by atoms with Crippen molar-refractivity contribution >= 4 is 18.1 Å². The maximum absolute atomic E-state index is 13.5.